The Kier molecular flexibility index (Phi) is 5.49. The van der Waals surface area contributed by atoms with Gasteiger partial charge in [0.15, 0.2) is 5.13 Å². The Bertz CT molecular complexity index is 560. The van der Waals surface area contributed by atoms with E-state index >= 15 is 0 Å². The van der Waals surface area contributed by atoms with Gasteiger partial charge >= 0.3 is 5.97 Å². The first-order valence-corrected chi connectivity index (χ1v) is 8.15. The first-order valence-electron chi connectivity index (χ1n) is 7.33. The molecule has 8 heteroatoms. The van der Waals surface area contributed by atoms with Crippen LogP contribution in [0.3, 0.4) is 0 Å². The number of thiazole rings is 1. The van der Waals surface area contributed by atoms with Gasteiger partial charge in [0, 0.05) is 12.6 Å². The predicted octanol–water partition coefficient (Wildman–Crippen LogP) is 0.988. The number of nitrogens with zero attached hydrogens (tertiary/aromatic N) is 2. The quantitative estimate of drug-likeness (QED) is 0.783. The van der Waals surface area contributed by atoms with Crippen molar-refractivity contribution in [2.24, 2.45) is 5.73 Å². The van der Waals surface area contributed by atoms with Crippen LogP contribution in [0.1, 0.15) is 35.1 Å². The molecule has 0 saturated carbocycles. The first kappa shape index (κ1) is 16.9. The van der Waals surface area contributed by atoms with E-state index in [0.717, 1.165) is 17.8 Å². The lowest BCUT2D eigenvalue weighted by molar-refractivity contribution is -0.119. The van der Waals surface area contributed by atoms with Crippen LogP contribution in [0, 0.1) is 6.92 Å². The van der Waals surface area contributed by atoms with Crippen LogP contribution < -0.4 is 11.1 Å². The van der Waals surface area contributed by atoms with Crippen LogP contribution in [0.2, 0.25) is 0 Å². The second kappa shape index (κ2) is 7.17. The molecule has 0 bridgehead atoms. The highest BCUT2D eigenvalue weighted by Crippen LogP contribution is 2.24. The fourth-order valence-corrected chi connectivity index (χ4v) is 3.30. The van der Waals surface area contributed by atoms with Gasteiger partial charge in [0.25, 0.3) is 0 Å². The van der Waals surface area contributed by atoms with E-state index < -0.39 is 5.97 Å². The van der Waals surface area contributed by atoms with Crippen molar-refractivity contribution >= 4 is 28.3 Å². The minimum Gasteiger partial charge on any atom is -0.461 e. The van der Waals surface area contributed by atoms with E-state index in [1.165, 1.54) is 0 Å². The number of aryl methyl sites for hydroxylation is 1. The van der Waals surface area contributed by atoms with E-state index in [9.17, 15) is 9.59 Å². The minimum absolute atomic E-state index is 0.0124. The van der Waals surface area contributed by atoms with Gasteiger partial charge in [0.1, 0.15) is 4.88 Å². The zero-order chi connectivity index (χ0) is 16.3. The number of esters is 1. The normalized spacial score (nSPS) is 21.8. The number of rotatable bonds is 5. The van der Waals surface area contributed by atoms with Gasteiger partial charge in [-0.2, -0.15) is 0 Å². The molecule has 2 atom stereocenters. The number of carbonyl (C=O) groups is 2. The summed E-state index contributed by atoms with van der Waals surface area (Å²) in [5.41, 5.74) is 6.43. The molecule has 22 heavy (non-hydrogen) atoms. The summed E-state index contributed by atoms with van der Waals surface area (Å²) in [6, 6.07) is -0.243. The summed E-state index contributed by atoms with van der Waals surface area (Å²) in [4.78, 5) is 30.8. The van der Waals surface area contributed by atoms with E-state index in [0.29, 0.717) is 35.3 Å². The molecule has 122 valence electrons. The fourth-order valence-electron chi connectivity index (χ4n) is 2.43. The molecule has 1 saturated heterocycles. The van der Waals surface area contributed by atoms with E-state index in [2.05, 4.69) is 10.3 Å². The molecule has 0 unspecified atom stereocenters. The topological polar surface area (TPSA) is 97.5 Å². The molecule has 2 rings (SSSR count). The predicted molar refractivity (Wildman–Crippen MR) is 85.1 cm³/mol. The van der Waals surface area contributed by atoms with Crippen LogP contribution in [0.25, 0.3) is 0 Å². The zero-order valence-electron chi connectivity index (χ0n) is 13.1. The number of anilines is 1. The molecule has 0 spiro atoms. The Hall–Kier alpha value is -1.51. The van der Waals surface area contributed by atoms with Crippen LogP contribution in [-0.4, -0.2) is 54.0 Å². The molecule has 0 aromatic carbocycles. The average molecular weight is 326 g/mol. The SMILES string of the molecule is CCCOC(=O)c1sc(NC(=O)[C@@H]2C[C@H](N)CN2C)nc1C. The maximum atomic E-state index is 12.3. The van der Waals surface area contributed by atoms with E-state index in [1.807, 2.05) is 18.9 Å². The Morgan fingerprint density at radius 1 is 1.55 bits per heavy atom. The van der Waals surface area contributed by atoms with Gasteiger partial charge in [-0.25, -0.2) is 9.78 Å². The van der Waals surface area contributed by atoms with Crippen LogP contribution >= 0.6 is 11.3 Å². The lowest BCUT2D eigenvalue weighted by Gasteiger charge is -2.17. The summed E-state index contributed by atoms with van der Waals surface area (Å²) in [6.07, 6.45) is 1.39. The minimum atomic E-state index is -0.391. The molecule has 1 aromatic heterocycles. The number of carbonyl (C=O) groups excluding carboxylic acids is 2. The number of nitrogens with one attached hydrogen (secondary N) is 1. The summed E-state index contributed by atoms with van der Waals surface area (Å²) < 4.78 is 5.10. The number of hydrogen-bond donors (Lipinski definition) is 2. The van der Waals surface area contributed by atoms with E-state index in [4.69, 9.17) is 10.5 Å². The standard InChI is InChI=1S/C14H22N4O3S/c1-4-5-21-13(20)11-8(2)16-14(22-11)17-12(19)10-6-9(15)7-18(10)3/h9-10H,4-7,15H2,1-3H3,(H,16,17,19)/t9-,10-/m0/s1. The maximum Gasteiger partial charge on any atom is 0.350 e. The maximum absolute atomic E-state index is 12.3. The summed E-state index contributed by atoms with van der Waals surface area (Å²) in [5.74, 6) is -0.532. The number of nitrogens with two attached hydrogens (primary N) is 1. The van der Waals surface area contributed by atoms with Crippen LogP contribution in [0.5, 0.6) is 0 Å². The lowest BCUT2D eigenvalue weighted by Crippen LogP contribution is -2.37. The molecule has 7 nitrogen and oxygen atoms in total. The van der Waals surface area contributed by atoms with Gasteiger partial charge in [-0.3, -0.25) is 9.69 Å². The molecule has 3 N–H and O–H groups in total. The molecule has 0 aliphatic carbocycles. The second-order valence-corrected chi connectivity index (χ2v) is 6.51. The molecule has 0 radical (unpaired) electrons. The Labute approximate surface area is 133 Å². The van der Waals surface area contributed by atoms with Crippen LogP contribution in [-0.2, 0) is 9.53 Å². The summed E-state index contributed by atoms with van der Waals surface area (Å²) in [7, 11) is 1.87. The first-order chi connectivity index (χ1) is 10.4. The highest BCUT2D eigenvalue weighted by Gasteiger charge is 2.33. The van der Waals surface area contributed by atoms with Crippen molar-refractivity contribution < 1.29 is 14.3 Å². The third kappa shape index (κ3) is 3.82. The van der Waals surface area contributed by atoms with E-state index in [-0.39, 0.29) is 18.0 Å². The zero-order valence-corrected chi connectivity index (χ0v) is 13.9. The van der Waals surface area contributed by atoms with Crippen LogP contribution in [0.4, 0.5) is 5.13 Å². The molecular formula is C14H22N4O3S. The number of ether oxygens (including phenoxy) is 1. The smallest absolute Gasteiger partial charge is 0.350 e. The Morgan fingerprint density at radius 2 is 2.27 bits per heavy atom. The molecular weight excluding hydrogens is 304 g/mol. The van der Waals surface area contributed by atoms with Crippen molar-refractivity contribution in [3.8, 4) is 0 Å². The van der Waals surface area contributed by atoms with Gasteiger partial charge in [0.05, 0.1) is 18.3 Å². The largest absolute Gasteiger partial charge is 0.461 e. The summed E-state index contributed by atoms with van der Waals surface area (Å²) in [5, 5.41) is 3.19. The van der Waals surface area contributed by atoms with Crippen molar-refractivity contribution in [2.75, 3.05) is 25.5 Å². The molecule has 1 aromatic rings. The van der Waals surface area contributed by atoms with Gasteiger partial charge in [-0.1, -0.05) is 18.3 Å². The van der Waals surface area contributed by atoms with Crippen molar-refractivity contribution in [2.45, 2.75) is 38.8 Å². The van der Waals surface area contributed by atoms with Crippen molar-refractivity contribution in [3.05, 3.63) is 10.6 Å². The molecule has 1 amide bonds. The summed E-state index contributed by atoms with van der Waals surface area (Å²) >= 11 is 1.14. The third-order valence-electron chi connectivity index (χ3n) is 3.53. The number of aromatic nitrogens is 1. The average Bonchev–Trinajstić information content (AvgIpc) is 2.98. The Balaban J connectivity index is 2.02. The molecule has 2 heterocycles. The fraction of sp³-hybridized carbons (Fsp3) is 0.643. The second-order valence-electron chi connectivity index (χ2n) is 5.51. The monoisotopic (exact) mass is 326 g/mol. The number of amides is 1. The van der Waals surface area contributed by atoms with Gasteiger partial charge < -0.3 is 15.8 Å². The highest BCUT2D eigenvalue weighted by molar-refractivity contribution is 7.17. The number of likely N-dealkylation sites (N-methyl/N-ethyl adjacent to an activating group) is 1. The molecule has 1 aliphatic rings. The van der Waals surface area contributed by atoms with Gasteiger partial charge in [0.2, 0.25) is 5.91 Å². The highest BCUT2D eigenvalue weighted by atomic mass is 32.1. The Morgan fingerprint density at radius 3 is 2.86 bits per heavy atom. The number of likely N-dealkylation sites (tertiary alicyclic amines) is 1. The van der Waals surface area contributed by atoms with Crippen molar-refractivity contribution in [1.82, 2.24) is 9.88 Å². The number of hydrogen-bond acceptors (Lipinski definition) is 7. The van der Waals surface area contributed by atoms with E-state index in [1.54, 1.807) is 6.92 Å². The summed E-state index contributed by atoms with van der Waals surface area (Å²) in [6.45, 7) is 4.74. The third-order valence-corrected chi connectivity index (χ3v) is 4.59. The molecule has 1 aliphatic heterocycles. The van der Waals surface area contributed by atoms with Crippen LogP contribution in [0.15, 0.2) is 0 Å². The van der Waals surface area contributed by atoms with Gasteiger partial charge in [-0.05, 0) is 26.8 Å². The lowest BCUT2D eigenvalue weighted by atomic mass is 10.2. The molecule has 1 fully saturated rings. The van der Waals surface area contributed by atoms with Crippen molar-refractivity contribution in [1.29, 1.82) is 0 Å². The van der Waals surface area contributed by atoms with Crippen molar-refractivity contribution in [3.63, 3.8) is 0 Å². The van der Waals surface area contributed by atoms with Gasteiger partial charge in [-0.15, -0.1) is 0 Å².